The average molecular weight is 425 g/mol. The van der Waals surface area contributed by atoms with E-state index in [1.165, 1.54) is 4.90 Å². The Bertz CT molecular complexity index is 944. The summed E-state index contributed by atoms with van der Waals surface area (Å²) in [4.78, 5) is 27.7. The zero-order valence-corrected chi connectivity index (χ0v) is 18.1. The first kappa shape index (κ1) is 21.2. The molecule has 31 heavy (non-hydrogen) atoms. The monoisotopic (exact) mass is 424 g/mol. The van der Waals surface area contributed by atoms with Gasteiger partial charge in [0, 0.05) is 37.2 Å². The lowest BCUT2D eigenvalue weighted by molar-refractivity contribution is -0.910. The van der Waals surface area contributed by atoms with Crippen LogP contribution in [0.4, 0.5) is 11.4 Å². The average Bonchev–Trinajstić information content (AvgIpc) is 3.42. The third-order valence-corrected chi connectivity index (χ3v) is 6.22. The predicted octanol–water partition coefficient (Wildman–Crippen LogP) is 2.19. The lowest BCUT2D eigenvalue weighted by Crippen LogP contribution is -3.11. The fourth-order valence-electron chi connectivity index (χ4n) is 4.67. The molecular formula is C24H30N3O4+. The molecule has 2 saturated heterocycles. The molecular weight excluding hydrogens is 394 g/mol. The molecule has 2 fully saturated rings. The van der Waals surface area contributed by atoms with Crippen molar-refractivity contribution in [1.82, 2.24) is 0 Å². The van der Waals surface area contributed by atoms with Crippen LogP contribution in [-0.4, -0.2) is 45.7 Å². The number of hydrogen-bond acceptors (Lipinski definition) is 4. The maximum Gasteiger partial charge on any atom is 0.279 e. The Morgan fingerprint density at radius 3 is 2.61 bits per heavy atom. The molecule has 2 atom stereocenters. The predicted molar refractivity (Wildman–Crippen MR) is 119 cm³/mol. The van der Waals surface area contributed by atoms with E-state index in [1.54, 1.807) is 19.1 Å². The minimum Gasteiger partial charge on any atom is -0.497 e. The highest BCUT2D eigenvalue weighted by molar-refractivity contribution is 5.96. The molecule has 1 unspecified atom stereocenters. The third-order valence-electron chi connectivity index (χ3n) is 6.22. The maximum absolute atomic E-state index is 12.8. The van der Waals surface area contributed by atoms with E-state index in [4.69, 9.17) is 9.47 Å². The van der Waals surface area contributed by atoms with Crippen molar-refractivity contribution in [3.05, 3.63) is 48.0 Å². The van der Waals surface area contributed by atoms with Gasteiger partial charge >= 0.3 is 0 Å². The van der Waals surface area contributed by atoms with Gasteiger partial charge in [-0.15, -0.1) is 0 Å². The first-order chi connectivity index (χ1) is 15.1. The van der Waals surface area contributed by atoms with Crippen LogP contribution in [0.15, 0.2) is 42.5 Å². The second kappa shape index (κ2) is 9.39. The first-order valence-electron chi connectivity index (χ1n) is 10.9. The Kier molecular flexibility index (Phi) is 6.42. The molecule has 2 aliphatic heterocycles. The van der Waals surface area contributed by atoms with E-state index >= 15 is 0 Å². The highest BCUT2D eigenvalue weighted by Crippen LogP contribution is 2.31. The van der Waals surface area contributed by atoms with E-state index in [0.717, 1.165) is 60.8 Å². The van der Waals surface area contributed by atoms with Crippen LogP contribution in [0.25, 0.3) is 0 Å². The van der Waals surface area contributed by atoms with Gasteiger partial charge in [0.05, 0.1) is 26.3 Å². The zero-order valence-electron chi connectivity index (χ0n) is 18.1. The van der Waals surface area contributed by atoms with Crippen LogP contribution in [-0.2, 0) is 9.59 Å². The molecule has 2 heterocycles. The number of quaternary nitrogens is 1. The number of anilines is 2. The van der Waals surface area contributed by atoms with Gasteiger partial charge in [0.1, 0.15) is 17.5 Å². The van der Waals surface area contributed by atoms with E-state index in [-0.39, 0.29) is 17.9 Å². The Balaban J connectivity index is 1.41. The molecule has 0 spiro atoms. The van der Waals surface area contributed by atoms with Gasteiger partial charge in [-0.3, -0.25) is 9.59 Å². The standard InChI is InChI=1S/C24H29N3O4/c1-30-19-11-12-22(31-2)20(15-19)21-5-3-13-26(21)16-23(28)25-17-7-9-18(10-8-17)27-14-4-6-24(27)29/h7-12,15,21H,3-6,13-14,16H2,1-2H3,(H,25,28)/p+1/t21-/m1/s1. The highest BCUT2D eigenvalue weighted by Gasteiger charge is 2.34. The molecule has 0 aliphatic carbocycles. The van der Waals surface area contributed by atoms with Crippen LogP contribution in [0.5, 0.6) is 11.5 Å². The summed E-state index contributed by atoms with van der Waals surface area (Å²) in [6.45, 7) is 2.09. The summed E-state index contributed by atoms with van der Waals surface area (Å²) in [5.41, 5.74) is 2.71. The van der Waals surface area contributed by atoms with E-state index in [2.05, 4.69) is 5.32 Å². The highest BCUT2D eigenvalue weighted by atomic mass is 16.5. The molecule has 0 radical (unpaired) electrons. The number of nitrogens with zero attached hydrogens (tertiary/aromatic N) is 1. The van der Waals surface area contributed by atoms with Crippen LogP contribution in [0.1, 0.15) is 37.3 Å². The first-order valence-corrected chi connectivity index (χ1v) is 10.9. The second-order valence-corrected chi connectivity index (χ2v) is 8.13. The number of nitrogens with one attached hydrogen (secondary N) is 2. The summed E-state index contributed by atoms with van der Waals surface area (Å²) in [5, 5.41) is 3.00. The van der Waals surface area contributed by atoms with Gasteiger partial charge in [-0.1, -0.05) is 0 Å². The largest absolute Gasteiger partial charge is 0.497 e. The Morgan fingerprint density at radius 1 is 1.13 bits per heavy atom. The van der Waals surface area contributed by atoms with Gasteiger partial charge in [0.15, 0.2) is 6.54 Å². The van der Waals surface area contributed by atoms with Crippen LogP contribution in [0.3, 0.4) is 0 Å². The number of benzene rings is 2. The van der Waals surface area contributed by atoms with Crippen LogP contribution in [0, 0.1) is 0 Å². The Labute approximate surface area is 182 Å². The summed E-state index contributed by atoms with van der Waals surface area (Å²) >= 11 is 0. The van der Waals surface area contributed by atoms with Gasteiger partial charge in [0.25, 0.3) is 5.91 Å². The van der Waals surface area contributed by atoms with Crippen molar-refractivity contribution < 1.29 is 24.0 Å². The molecule has 4 rings (SSSR count). The van der Waals surface area contributed by atoms with E-state index in [1.807, 2.05) is 42.5 Å². The molecule has 2 aromatic carbocycles. The number of rotatable bonds is 7. The van der Waals surface area contributed by atoms with Crippen molar-refractivity contribution in [2.45, 2.75) is 31.7 Å². The van der Waals surface area contributed by atoms with Gasteiger partial charge in [-0.05, 0) is 48.9 Å². The molecule has 0 aromatic heterocycles. The topological polar surface area (TPSA) is 72.3 Å². The van der Waals surface area contributed by atoms with Crippen molar-refractivity contribution >= 4 is 23.2 Å². The van der Waals surface area contributed by atoms with Crippen LogP contribution >= 0.6 is 0 Å². The normalized spacial score (nSPS) is 20.7. The molecule has 164 valence electrons. The minimum absolute atomic E-state index is 0.0197. The zero-order chi connectivity index (χ0) is 21.8. The SMILES string of the molecule is COc1ccc(OC)c([C@H]2CCC[NH+]2CC(=O)Nc2ccc(N3CCCC3=O)cc2)c1. The lowest BCUT2D eigenvalue weighted by atomic mass is 10.0. The second-order valence-electron chi connectivity index (χ2n) is 8.13. The van der Waals surface area contributed by atoms with E-state index in [9.17, 15) is 9.59 Å². The molecule has 0 saturated carbocycles. The van der Waals surface area contributed by atoms with Crippen molar-refractivity contribution in [3.63, 3.8) is 0 Å². The molecule has 2 amide bonds. The number of hydrogen-bond donors (Lipinski definition) is 2. The van der Waals surface area contributed by atoms with Crippen molar-refractivity contribution in [1.29, 1.82) is 0 Å². The van der Waals surface area contributed by atoms with Crippen molar-refractivity contribution in [2.24, 2.45) is 0 Å². The molecule has 7 heteroatoms. The lowest BCUT2D eigenvalue weighted by Gasteiger charge is -2.23. The fraction of sp³-hybridized carbons (Fsp3) is 0.417. The van der Waals surface area contributed by atoms with Gasteiger partial charge in [-0.25, -0.2) is 0 Å². The molecule has 2 aliphatic rings. The fourth-order valence-corrected chi connectivity index (χ4v) is 4.67. The van der Waals surface area contributed by atoms with E-state index < -0.39 is 0 Å². The summed E-state index contributed by atoms with van der Waals surface area (Å²) in [6.07, 6.45) is 3.57. The van der Waals surface area contributed by atoms with Gasteiger partial charge < -0.3 is 24.6 Å². The molecule has 7 nitrogen and oxygen atoms in total. The van der Waals surface area contributed by atoms with E-state index in [0.29, 0.717) is 13.0 Å². The Hall–Kier alpha value is -3.06. The molecule has 0 bridgehead atoms. The van der Waals surface area contributed by atoms with Gasteiger partial charge in [-0.2, -0.15) is 0 Å². The molecule has 2 aromatic rings. The third kappa shape index (κ3) is 4.66. The summed E-state index contributed by atoms with van der Waals surface area (Å²) in [7, 11) is 3.33. The number of amides is 2. The van der Waals surface area contributed by atoms with Crippen molar-refractivity contribution in [2.75, 3.05) is 44.1 Å². The molecule has 2 N–H and O–H groups in total. The van der Waals surface area contributed by atoms with Gasteiger partial charge in [0.2, 0.25) is 5.91 Å². The van der Waals surface area contributed by atoms with Crippen molar-refractivity contribution in [3.8, 4) is 11.5 Å². The number of ether oxygens (including phenoxy) is 2. The number of methoxy groups -OCH3 is 2. The number of likely N-dealkylation sites (tertiary alicyclic amines) is 1. The maximum atomic E-state index is 12.8. The number of carbonyl (C=O) groups is 2. The summed E-state index contributed by atoms with van der Waals surface area (Å²) in [6, 6.07) is 13.5. The van der Waals surface area contributed by atoms with Crippen LogP contribution < -0.4 is 24.6 Å². The van der Waals surface area contributed by atoms with Crippen LogP contribution in [0.2, 0.25) is 0 Å². The summed E-state index contributed by atoms with van der Waals surface area (Å²) < 4.78 is 11.0. The number of carbonyl (C=O) groups excluding carboxylic acids is 2. The smallest absolute Gasteiger partial charge is 0.279 e. The quantitative estimate of drug-likeness (QED) is 0.715. The minimum atomic E-state index is -0.0197. The summed E-state index contributed by atoms with van der Waals surface area (Å²) in [5.74, 6) is 1.77. The Morgan fingerprint density at radius 2 is 1.94 bits per heavy atom.